The Morgan fingerprint density at radius 3 is 2.55 bits per heavy atom. The lowest BCUT2D eigenvalue weighted by Crippen LogP contribution is -2.37. The summed E-state index contributed by atoms with van der Waals surface area (Å²) in [6, 6.07) is 4.24. The molecule has 1 N–H and O–H groups in total. The van der Waals surface area contributed by atoms with Crippen LogP contribution in [0.5, 0.6) is 0 Å². The second kappa shape index (κ2) is 10.8. The van der Waals surface area contributed by atoms with Gasteiger partial charge in [-0.3, -0.25) is 14.4 Å². The largest absolute Gasteiger partial charge is 0.490 e. The Balaban J connectivity index is 0.000000383. The van der Waals surface area contributed by atoms with Crippen LogP contribution in [0.15, 0.2) is 30.7 Å². The average molecular weight is 471 g/mol. The summed E-state index contributed by atoms with van der Waals surface area (Å²) in [5, 5.41) is 11.4. The molecule has 2 aromatic rings. The highest BCUT2D eigenvalue weighted by atomic mass is 19.4. The molecular formula is C21H28F3N5O4. The number of hydrogen-bond donors (Lipinski definition) is 1. The maximum Gasteiger partial charge on any atom is 0.490 e. The minimum Gasteiger partial charge on any atom is -0.475 e. The van der Waals surface area contributed by atoms with Gasteiger partial charge in [0.05, 0.1) is 12.3 Å². The molecule has 0 spiro atoms. The van der Waals surface area contributed by atoms with Gasteiger partial charge in [0, 0.05) is 70.0 Å². The lowest BCUT2D eigenvalue weighted by molar-refractivity contribution is -0.192. The molecule has 1 unspecified atom stereocenters. The zero-order valence-electron chi connectivity index (χ0n) is 18.4. The van der Waals surface area contributed by atoms with Gasteiger partial charge in [-0.05, 0) is 25.0 Å². The van der Waals surface area contributed by atoms with E-state index >= 15 is 0 Å². The van der Waals surface area contributed by atoms with Crippen molar-refractivity contribution in [1.29, 1.82) is 0 Å². The number of carboxylic acid groups (broad SMARTS) is 1. The minimum atomic E-state index is -5.08. The molecule has 1 fully saturated rings. The Morgan fingerprint density at radius 1 is 1.24 bits per heavy atom. The zero-order valence-corrected chi connectivity index (χ0v) is 18.4. The molecule has 2 aliphatic rings. The number of carboxylic acids is 1. The molecule has 182 valence electrons. The Morgan fingerprint density at radius 2 is 1.94 bits per heavy atom. The van der Waals surface area contributed by atoms with E-state index in [1.165, 1.54) is 11.3 Å². The predicted octanol–water partition coefficient (Wildman–Crippen LogP) is 1.88. The van der Waals surface area contributed by atoms with Crippen molar-refractivity contribution in [2.45, 2.75) is 44.8 Å². The average Bonchev–Trinajstić information content (AvgIpc) is 3.48. The number of amides is 1. The van der Waals surface area contributed by atoms with Crippen molar-refractivity contribution in [3.8, 4) is 0 Å². The fraction of sp³-hybridized carbons (Fsp3) is 0.571. The number of carbonyl (C=O) groups is 2. The van der Waals surface area contributed by atoms with E-state index in [1.807, 2.05) is 22.8 Å². The summed E-state index contributed by atoms with van der Waals surface area (Å²) < 4.78 is 41.9. The maximum atomic E-state index is 12.3. The van der Waals surface area contributed by atoms with Crippen LogP contribution in [0.3, 0.4) is 0 Å². The fourth-order valence-corrected chi connectivity index (χ4v) is 3.91. The minimum absolute atomic E-state index is 0.00637. The molecule has 1 saturated heterocycles. The summed E-state index contributed by atoms with van der Waals surface area (Å²) in [7, 11) is 1.94. The van der Waals surface area contributed by atoms with Gasteiger partial charge in [0.2, 0.25) is 5.91 Å². The Bertz CT molecular complexity index is 936. The van der Waals surface area contributed by atoms with Crippen molar-refractivity contribution in [2.24, 2.45) is 7.05 Å². The molecular weight excluding hydrogens is 443 g/mol. The number of halogens is 3. The highest BCUT2D eigenvalue weighted by Crippen LogP contribution is 2.18. The first-order valence-corrected chi connectivity index (χ1v) is 10.6. The summed E-state index contributed by atoms with van der Waals surface area (Å²) in [6.07, 6.45) is 3.21. The highest BCUT2D eigenvalue weighted by Gasteiger charge is 2.38. The second-order valence-corrected chi connectivity index (χ2v) is 8.17. The Hall–Kier alpha value is -2.86. The van der Waals surface area contributed by atoms with E-state index in [4.69, 9.17) is 14.6 Å². The van der Waals surface area contributed by atoms with Crippen LogP contribution in [0.1, 0.15) is 24.1 Å². The van der Waals surface area contributed by atoms with Gasteiger partial charge in [-0.2, -0.15) is 18.3 Å². The molecule has 0 saturated carbocycles. The normalized spacial score (nSPS) is 18.9. The molecule has 1 amide bonds. The number of aliphatic carboxylic acids is 1. The molecule has 9 nitrogen and oxygen atoms in total. The van der Waals surface area contributed by atoms with Crippen LogP contribution >= 0.6 is 0 Å². The van der Waals surface area contributed by atoms with E-state index in [0.717, 1.165) is 52.1 Å². The van der Waals surface area contributed by atoms with Gasteiger partial charge in [-0.15, -0.1) is 0 Å². The third-order valence-corrected chi connectivity index (χ3v) is 5.48. The molecule has 2 aliphatic heterocycles. The number of ether oxygens (including phenoxy) is 1. The number of hydrogen-bond acceptors (Lipinski definition) is 5. The number of alkyl halides is 3. The van der Waals surface area contributed by atoms with Crippen LogP contribution in [-0.2, 0) is 41.0 Å². The monoisotopic (exact) mass is 471 g/mol. The standard InChI is InChI=1S/C19H27N5O2.C2HF3O2/c1-21-10-16(9-20-21)11-22-12-17-5-4-8-24(17)14-18(13-22)26-15-19(25)23-6-2-3-7-23;3-2(4,5)1(6)7/h4-5,8-10,18H,2-3,6-7,11-15H2,1H3;(H,6,7). The molecule has 0 aromatic carbocycles. The van der Waals surface area contributed by atoms with Gasteiger partial charge in [-0.25, -0.2) is 4.79 Å². The molecule has 4 heterocycles. The molecule has 2 aromatic heterocycles. The van der Waals surface area contributed by atoms with Crippen molar-refractivity contribution in [3.63, 3.8) is 0 Å². The lowest BCUT2D eigenvalue weighted by atomic mass is 10.2. The van der Waals surface area contributed by atoms with E-state index in [-0.39, 0.29) is 18.6 Å². The molecule has 0 aliphatic carbocycles. The number of likely N-dealkylation sites (tertiary alicyclic amines) is 1. The molecule has 4 rings (SSSR count). The SMILES string of the molecule is Cn1cc(CN2Cc3cccn3CC(OCC(=O)N3CCCC3)C2)cn1.O=C(O)C(F)(F)F. The van der Waals surface area contributed by atoms with Crippen molar-refractivity contribution in [3.05, 3.63) is 42.0 Å². The number of fused-ring (bicyclic) bond motifs is 1. The van der Waals surface area contributed by atoms with Crippen molar-refractivity contribution in [2.75, 3.05) is 26.2 Å². The molecule has 33 heavy (non-hydrogen) atoms. The van der Waals surface area contributed by atoms with Crippen LogP contribution in [0, 0.1) is 0 Å². The van der Waals surface area contributed by atoms with Crippen LogP contribution in [0.2, 0.25) is 0 Å². The van der Waals surface area contributed by atoms with Crippen LogP contribution in [0.4, 0.5) is 13.2 Å². The quantitative estimate of drug-likeness (QED) is 0.716. The van der Waals surface area contributed by atoms with E-state index < -0.39 is 12.1 Å². The number of aromatic nitrogens is 3. The highest BCUT2D eigenvalue weighted by molar-refractivity contribution is 5.77. The van der Waals surface area contributed by atoms with Gasteiger partial charge in [0.1, 0.15) is 6.61 Å². The number of carbonyl (C=O) groups excluding carboxylic acids is 1. The second-order valence-electron chi connectivity index (χ2n) is 8.17. The Labute approximate surface area is 189 Å². The van der Waals surface area contributed by atoms with Crippen molar-refractivity contribution >= 4 is 11.9 Å². The van der Waals surface area contributed by atoms with E-state index in [2.05, 4.69) is 39.1 Å². The first-order valence-electron chi connectivity index (χ1n) is 10.6. The summed E-state index contributed by atoms with van der Waals surface area (Å²) in [6.45, 7) is 5.25. The lowest BCUT2D eigenvalue weighted by Gasteiger charge is -2.24. The van der Waals surface area contributed by atoms with Crippen LogP contribution in [-0.4, -0.2) is 79.7 Å². The van der Waals surface area contributed by atoms with E-state index in [9.17, 15) is 18.0 Å². The molecule has 1 atom stereocenters. The summed E-state index contributed by atoms with van der Waals surface area (Å²) >= 11 is 0. The van der Waals surface area contributed by atoms with Crippen molar-refractivity contribution < 1.29 is 32.6 Å². The third kappa shape index (κ3) is 7.32. The van der Waals surface area contributed by atoms with E-state index in [0.29, 0.717) is 0 Å². The fourth-order valence-electron chi connectivity index (χ4n) is 3.91. The molecule has 0 radical (unpaired) electrons. The predicted molar refractivity (Wildman–Crippen MR) is 111 cm³/mol. The van der Waals surface area contributed by atoms with Gasteiger partial charge < -0.3 is 19.3 Å². The van der Waals surface area contributed by atoms with Gasteiger partial charge >= 0.3 is 12.1 Å². The zero-order chi connectivity index (χ0) is 24.0. The molecule has 0 bridgehead atoms. The number of nitrogens with zero attached hydrogens (tertiary/aromatic N) is 5. The Kier molecular flexibility index (Phi) is 8.14. The first-order chi connectivity index (χ1) is 15.6. The summed E-state index contributed by atoms with van der Waals surface area (Å²) in [4.78, 5) is 25.5. The van der Waals surface area contributed by atoms with Gasteiger partial charge in [-0.1, -0.05) is 0 Å². The maximum absolute atomic E-state index is 12.3. The topological polar surface area (TPSA) is 92.8 Å². The third-order valence-electron chi connectivity index (χ3n) is 5.48. The number of rotatable bonds is 5. The number of aryl methyl sites for hydroxylation is 1. The van der Waals surface area contributed by atoms with E-state index in [1.54, 1.807) is 0 Å². The van der Waals surface area contributed by atoms with Crippen LogP contribution in [0.25, 0.3) is 0 Å². The summed E-state index contributed by atoms with van der Waals surface area (Å²) in [5.74, 6) is -2.63. The smallest absolute Gasteiger partial charge is 0.475 e. The first kappa shape index (κ1) is 24.8. The summed E-state index contributed by atoms with van der Waals surface area (Å²) in [5.41, 5.74) is 2.48. The van der Waals surface area contributed by atoms with Gasteiger partial charge in [0.15, 0.2) is 0 Å². The van der Waals surface area contributed by atoms with Gasteiger partial charge in [0.25, 0.3) is 0 Å². The van der Waals surface area contributed by atoms with Crippen LogP contribution < -0.4 is 0 Å². The molecule has 12 heteroatoms. The van der Waals surface area contributed by atoms with Crippen molar-refractivity contribution in [1.82, 2.24) is 24.1 Å².